The summed E-state index contributed by atoms with van der Waals surface area (Å²) in [6.07, 6.45) is 0. The Hall–Kier alpha value is -1.89. The second-order valence-electron chi connectivity index (χ2n) is 5.81. The number of hydrogen-bond acceptors (Lipinski definition) is 4. The Balaban J connectivity index is 2.18. The number of nitrogens with zero attached hydrogens (tertiary/aromatic N) is 2. The Kier molecular flexibility index (Phi) is 5.41. The molecule has 2 rings (SSSR count). The molecule has 1 amide bonds. The van der Waals surface area contributed by atoms with Crippen LogP contribution in [0.1, 0.15) is 27.7 Å². The fraction of sp³-hybridized carbons (Fsp3) is 0.438. The van der Waals surface area contributed by atoms with Crippen molar-refractivity contribution < 1.29 is 9.18 Å². The van der Waals surface area contributed by atoms with Crippen LogP contribution in [0.15, 0.2) is 28.2 Å². The van der Waals surface area contributed by atoms with E-state index in [2.05, 4.69) is 9.97 Å². The Labute approximate surface area is 138 Å². The second kappa shape index (κ2) is 7.12. The summed E-state index contributed by atoms with van der Waals surface area (Å²) in [6, 6.07) is 4.08. The van der Waals surface area contributed by atoms with E-state index in [4.69, 9.17) is 0 Å². The van der Waals surface area contributed by atoms with Crippen LogP contribution in [0.5, 0.6) is 0 Å². The van der Waals surface area contributed by atoms with Crippen molar-refractivity contribution >= 4 is 28.6 Å². The average molecular weight is 337 g/mol. The van der Waals surface area contributed by atoms with E-state index in [1.165, 1.54) is 23.9 Å². The molecule has 1 N–H and O–H groups in total. The van der Waals surface area contributed by atoms with Crippen LogP contribution in [0, 0.1) is 5.82 Å². The van der Waals surface area contributed by atoms with Gasteiger partial charge in [-0.05, 0) is 45.9 Å². The van der Waals surface area contributed by atoms with Crippen molar-refractivity contribution in [3.63, 3.8) is 0 Å². The van der Waals surface area contributed by atoms with Gasteiger partial charge < -0.3 is 9.88 Å². The van der Waals surface area contributed by atoms with E-state index in [1.54, 1.807) is 4.90 Å². The lowest BCUT2D eigenvalue weighted by atomic mass is 10.2. The third-order valence-corrected chi connectivity index (χ3v) is 4.24. The van der Waals surface area contributed by atoms with E-state index in [1.807, 2.05) is 27.7 Å². The van der Waals surface area contributed by atoms with Gasteiger partial charge in [0.25, 0.3) is 5.56 Å². The molecular weight excluding hydrogens is 317 g/mol. The molecule has 0 saturated heterocycles. The van der Waals surface area contributed by atoms with Crippen molar-refractivity contribution in [3.8, 4) is 0 Å². The van der Waals surface area contributed by atoms with Crippen LogP contribution in [0.3, 0.4) is 0 Å². The van der Waals surface area contributed by atoms with Crippen molar-refractivity contribution in [3.05, 3.63) is 34.4 Å². The van der Waals surface area contributed by atoms with Gasteiger partial charge in [0.05, 0.1) is 16.7 Å². The Bertz CT molecular complexity index is 765. The SMILES string of the molecule is CC(C)N(C(=O)CSc1nc2ccc(F)cc2c(=O)[nH]1)C(C)C. The number of amides is 1. The zero-order valence-electron chi connectivity index (χ0n) is 13.6. The van der Waals surface area contributed by atoms with E-state index in [0.29, 0.717) is 10.7 Å². The largest absolute Gasteiger partial charge is 0.337 e. The highest BCUT2D eigenvalue weighted by Crippen LogP contribution is 2.17. The van der Waals surface area contributed by atoms with Crippen LogP contribution in [0.4, 0.5) is 4.39 Å². The number of fused-ring (bicyclic) bond motifs is 1. The minimum absolute atomic E-state index is 0.0122. The number of carbonyl (C=O) groups is 1. The predicted octanol–water partition coefficient (Wildman–Crippen LogP) is 2.80. The van der Waals surface area contributed by atoms with Gasteiger partial charge in [0, 0.05) is 12.1 Å². The van der Waals surface area contributed by atoms with Gasteiger partial charge in [-0.1, -0.05) is 11.8 Å². The monoisotopic (exact) mass is 337 g/mol. The fourth-order valence-electron chi connectivity index (χ4n) is 2.53. The minimum Gasteiger partial charge on any atom is -0.337 e. The molecule has 0 unspecified atom stereocenters. The lowest BCUT2D eigenvalue weighted by Gasteiger charge is -2.30. The standard InChI is InChI=1S/C16H20FN3O2S/c1-9(2)20(10(3)4)14(21)8-23-16-18-13-6-5-11(17)7-12(13)15(22)19-16/h5-7,9-10H,8H2,1-4H3,(H,18,19,22). The molecule has 7 heteroatoms. The number of benzene rings is 1. The number of aromatic amines is 1. The molecule has 0 aliphatic carbocycles. The Morgan fingerprint density at radius 2 is 1.96 bits per heavy atom. The fourth-order valence-corrected chi connectivity index (χ4v) is 3.27. The number of thioether (sulfide) groups is 1. The predicted molar refractivity (Wildman–Crippen MR) is 90.2 cm³/mol. The smallest absolute Gasteiger partial charge is 0.259 e. The first-order valence-electron chi connectivity index (χ1n) is 7.43. The van der Waals surface area contributed by atoms with E-state index in [9.17, 15) is 14.0 Å². The normalized spacial score (nSPS) is 11.4. The topological polar surface area (TPSA) is 66.1 Å². The number of carbonyl (C=O) groups excluding carboxylic acids is 1. The Morgan fingerprint density at radius 1 is 1.30 bits per heavy atom. The molecule has 0 fully saturated rings. The summed E-state index contributed by atoms with van der Waals surface area (Å²) in [6.45, 7) is 7.86. The highest BCUT2D eigenvalue weighted by Gasteiger charge is 2.20. The first kappa shape index (κ1) is 17.5. The molecule has 0 radical (unpaired) electrons. The molecule has 5 nitrogen and oxygen atoms in total. The van der Waals surface area contributed by atoms with E-state index < -0.39 is 11.4 Å². The van der Waals surface area contributed by atoms with Crippen LogP contribution in [-0.4, -0.2) is 38.6 Å². The number of rotatable bonds is 5. The highest BCUT2D eigenvalue weighted by atomic mass is 32.2. The molecule has 124 valence electrons. The van der Waals surface area contributed by atoms with Crippen molar-refractivity contribution in [2.45, 2.75) is 44.9 Å². The van der Waals surface area contributed by atoms with Gasteiger partial charge in [-0.15, -0.1) is 0 Å². The van der Waals surface area contributed by atoms with Gasteiger partial charge in [0.2, 0.25) is 5.91 Å². The molecule has 0 atom stereocenters. The summed E-state index contributed by atoms with van der Waals surface area (Å²) >= 11 is 1.17. The summed E-state index contributed by atoms with van der Waals surface area (Å²) in [5.41, 5.74) is 0.00342. The van der Waals surface area contributed by atoms with E-state index in [-0.39, 0.29) is 29.1 Å². The number of nitrogens with one attached hydrogen (secondary N) is 1. The maximum absolute atomic E-state index is 13.2. The molecule has 0 spiro atoms. The zero-order valence-corrected chi connectivity index (χ0v) is 14.4. The van der Waals surface area contributed by atoms with Crippen molar-refractivity contribution in [2.75, 3.05) is 5.75 Å². The van der Waals surface area contributed by atoms with Gasteiger partial charge in [0.1, 0.15) is 5.82 Å². The molecule has 0 bridgehead atoms. The maximum atomic E-state index is 13.2. The summed E-state index contributed by atoms with van der Waals surface area (Å²) in [5.74, 6) is -0.307. The highest BCUT2D eigenvalue weighted by molar-refractivity contribution is 7.99. The number of H-pyrrole nitrogens is 1. The molecule has 1 aromatic carbocycles. The molecule has 2 aromatic rings. The van der Waals surface area contributed by atoms with Crippen LogP contribution < -0.4 is 5.56 Å². The molecular formula is C16H20FN3O2S. The van der Waals surface area contributed by atoms with E-state index >= 15 is 0 Å². The molecule has 1 aromatic heterocycles. The van der Waals surface area contributed by atoms with Gasteiger partial charge >= 0.3 is 0 Å². The van der Waals surface area contributed by atoms with Gasteiger partial charge in [-0.3, -0.25) is 9.59 Å². The van der Waals surface area contributed by atoms with Gasteiger partial charge in [0.15, 0.2) is 5.16 Å². The van der Waals surface area contributed by atoms with Crippen LogP contribution >= 0.6 is 11.8 Å². The maximum Gasteiger partial charge on any atom is 0.259 e. The molecule has 23 heavy (non-hydrogen) atoms. The van der Waals surface area contributed by atoms with Crippen LogP contribution in [0.2, 0.25) is 0 Å². The zero-order chi connectivity index (χ0) is 17.1. The first-order valence-corrected chi connectivity index (χ1v) is 8.41. The van der Waals surface area contributed by atoms with Crippen molar-refractivity contribution in [2.24, 2.45) is 0 Å². The number of aromatic nitrogens is 2. The van der Waals surface area contributed by atoms with Crippen LogP contribution in [-0.2, 0) is 4.79 Å². The molecule has 1 heterocycles. The first-order chi connectivity index (χ1) is 10.8. The van der Waals surface area contributed by atoms with E-state index in [0.717, 1.165) is 6.07 Å². The molecule has 0 saturated carbocycles. The quantitative estimate of drug-likeness (QED) is 0.673. The van der Waals surface area contributed by atoms with Crippen molar-refractivity contribution in [1.82, 2.24) is 14.9 Å². The molecule has 0 aliphatic heterocycles. The second-order valence-corrected chi connectivity index (χ2v) is 6.77. The third kappa shape index (κ3) is 4.10. The lowest BCUT2D eigenvalue weighted by Crippen LogP contribution is -2.43. The number of hydrogen-bond donors (Lipinski definition) is 1. The summed E-state index contributed by atoms with van der Waals surface area (Å²) in [7, 11) is 0. The Morgan fingerprint density at radius 3 is 2.57 bits per heavy atom. The summed E-state index contributed by atoms with van der Waals surface area (Å²) < 4.78 is 13.2. The van der Waals surface area contributed by atoms with Crippen molar-refractivity contribution in [1.29, 1.82) is 0 Å². The number of halogens is 1. The molecule has 0 aliphatic rings. The van der Waals surface area contributed by atoms with Gasteiger partial charge in [-0.25, -0.2) is 9.37 Å². The summed E-state index contributed by atoms with van der Waals surface area (Å²) in [4.78, 5) is 33.0. The average Bonchev–Trinajstić information content (AvgIpc) is 2.45. The minimum atomic E-state index is -0.482. The van der Waals surface area contributed by atoms with Gasteiger partial charge in [-0.2, -0.15) is 0 Å². The summed E-state index contributed by atoms with van der Waals surface area (Å²) in [5, 5.41) is 0.557. The third-order valence-electron chi connectivity index (χ3n) is 3.38. The lowest BCUT2D eigenvalue weighted by molar-refractivity contribution is -0.131. The van der Waals surface area contributed by atoms with Crippen LogP contribution in [0.25, 0.3) is 10.9 Å².